The molecule has 4 rings (SSSR count). The first-order chi connectivity index (χ1) is 22.7. The van der Waals surface area contributed by atoms with Crippen LogP contribution in [0.2, 0.25) is 5.02 Å². The van der Waals surface area contributed by atoms with Crippen LogP contribution in [0, 0.1) is 5.92 Å². The van der Waals surface area contributed by atoms with Gasteiger partial charge in [-0.05, 0) is 58.2 Å². The van der Waals surface area contributed by atoms with Crippen molar-refractivity contribution < 1.29 is 19.1 Å². The second-order valence-electron chi connectivity index (χ2n) is 11.7. The Morgan fingerprint density at radius 1 is 0.915 bits per heavy atom. The minimum absolute atomic E-state index is 0.0576. The summed E-state index contributed by atoms with van der Waals surface area (Å²) in [5.41, 5.74) is 1.08. The zero-order chi connectivity index (χ0) is 33.8. The average Bonchev–Trinajstić information content (AvgIpc) is 3.08. The third kappa shape index (κ3) is 10.4. The number of rotatable bonds is 17. The monoisotopic (exact) mass is 693 g/mol. The summed E-state index contributed by atoms with van der Waals surface area (Å²) in [6.07, 6.45) is 3.29. The minimum atomic E-state index is -0.719. The summed E-state index contributed by atoms with van der Waals surface area (Å²) in [6.45, 7) is 5.23. The summed E-state index contributed by atoms with van der Waals surface area (Å²) in [7, 11) is 1.33. The zero-order valence-electron chi connectivity index (χ0n) is 27.5. The third-order valence-electron chi connectivity index (χ3n) is 8.38. The second-order valence-corrected chi connectivity index (χ2v) is 14.1. The predicted molar refractivity (Wildman–Crippen MR) is 197 cm³/mol. The minimum Gasteiger partial charge on any atom is -0.467 e. The molecule has 0 unspecified atom stereocenters. The lowest BCUT2D eigenvalue weighted by Gasteiger charge is -2.31. The lowest BCUT2D eigenvalue weighted by atomic mass is 9.97. The highest BCUT2D eigenvalue weighted by Gasteiger charge is 2.26. The zero-order valence-corrected chi connectivity index (χ0v) is 29.9. The lowest BCUT2D eigenvalue weighted by molar-refractivity contribution is -0.145. The maximum atomic E-state index is 13.5. The third-order valence-corrected chi connectivity index (χ3v) is 10.4. The van der Waals surface area contributed by atoms with Crippen molar-refractivity contribution in [3.05, 3.63) is 89.4 Å². The van der Waals surface area contributed by atoms with Crippen LogP contribution in [0.5, 0.6) is 0 Å². The van der Waals surface area contributed by atoms with Gasteiger partial charge in [0.15, 0.2) is 0 Å². The molecule has 0 saturated heterocycles. The number of carbonyl (C=O) groups is 3. The van der Waals surface area contributed by atoms with E-state index in [4.69, 9.17) is 16.3 Å². The van der Waals surface area contributed by atoms with Gasteiger partial charge in [-0.25, -0.2) is 4.79 Å². The summed E-state index contributed by atoms with van der Waals surface area (Å²) < 4.78 is 4.97. The number of carbonyl (C=O) groups excluding carboxylic acids is 3. The molecular weight excluding hydrogens is 650 g/mol. The van der Waals surface area contributed by atoms with E-state index in [9.17, 15) is 14.4 Å². The molecule has 0 aromatic heterocycles. The highest BCUT2D eigenvalue weighted by atomic mass is 35.5. The van der Waals surface area contributed by atoms with E-state index >= 15 is 0 Å². The molecule has 4 aromatic carbocycles. The van der Waals surface area contributed by atoms with Crippen molar-refractivity contribution >= 4 is 74.5 Å². The fraction of sp³-hybridized carbons (Fsp3) is 0.378. The van der Waals surface area contributed by atoms with E-state index in [1.165, 1.54) is 18.9 Å². The second kappa shape index (κ2) is 18.3. The van der Waals surface area contributed by atoms with E-state index in [0.717, 1.165) is 38.4 Å². The molecule has 0 aliphatic heterocycles. The number of nitrogens with one attached hydrogen (secondary N) is 2. The topological polar surface area (TPSA) is 87.7 Å². The molecule has 7 nitrogen and oxygen atoms in total. The van der Waals surface area contributed by atoms with E-state index < -0.39 is 12.0 Å². The summed E-state index contributed by atoms with van der Waals surface area (Å²) >= 11 is 9.60. The number of ether oxygens (including phenoxy) is 1. The Labute approximate surface area is 291 Å². The van der Waals surface area contributed by atoms with E-state index in [2.05, 4.69) is 53.6 Å². The maximum Gasteiger partial charge on any atom is 0.328 e. The molecule has 10 heteroatoms. The van der Waals surface area contributed by atoms with Crippen LogP contribution in [0.1, 0.15) is 32.3 Å². The summed E-state index contributed by atoms with van der Waals surface area (Å²) in [5, 5.41) is 11.1. The molecule has 0 heterocycles. The number of hydrogen-bond acceptors (Lipinski definition) is 7. The number of benzene rings is 4. The van der Waals surface area contributed by atoms with Gasteiger partial charge >= 0.3 is 5.97 Å². The van der Waals surface area contributed by atoms with E-state index in [-0.39, 0.29) is 36.1 Å². The van der Waals surface area contributed by atoms with Crippen molar-refractivity contribution in [2.24, 2.45) is 5.92 Å². The molecule has 0 aliphatic rings. The molecule has 0 saturated carbocycles. The van der Waals surface area contributed by atoms with Crippen LogP contribution in [0.3, 0.4) is 0 Å². The largest absolute Gasteiger partial charge is 0.467 e. The fourth-order valence-corrected chi connectivity index (χ4v) is 7.36. The van der Waals surface area contributed by atoms with Gasteiger partial charge in [0.2, 0.25) is 11.8 Å². The quantitative estimate of drug-likeness (QED) is 0.0895. The summed E-state index contributed by atoms with van der Waals surface area (Å²) in [6, 6.07) is 25.2. The molecule has 4 aromatic rings. The first kappa shape index (κ1) is 36.6. The number of esters is 1. The highest BCUT2D eigenvalue weighted by Crippen LogP contribution is 2.33. The van der Waals surface area contributed by atoms with Gasteiger partial charge in [0, 0.05) is 34.4 Å². The molecule has 0 fully saturated rings. The van der Waals surface area contributed by atoms with Gasteiger partial charge in [0.1, 0.15) is 6.04 Å². The number of hydrogen-bond donors (Lipinski definition) is 2. The number of amides is 2. The predicted octanol–water partition coefficient (Wildman–Crippen LogP) is 7.18. The smallest absolute Gasteiger partial charge is 0.328 e. The normalized spacial score (nSPS) is 13.3. The van der Waals surface area contributed by atoms with Crippen LogP contribution in [-0.4, -0.2) is 72.7 Å². The molecule has 0 aliphatic carbocycles. The molecule has 250 valence electrons. The van der Waals surface area contributed by atoms with Crippen molar-refractivity contribution in [2.45, 2.75) is 50.2 Å². The van der Waals surface area contributed by atoms with Crippen molar-refractivity contribution in [1.82, 2.24) is 15.5 Å². The van der Waals surface area contributed by atoms with Gasteiger partial charge < -0.3 is 15.4 Å². The number of methoxy groups -OCH3 is 1. The first-order valence-electron chi connectivity index (χ1n) is 15.9. The van der Waals surface area contributed by atoms with Gasteiger partial charge in [-0.15, -0.1) is 11.8 Å². The average molecular weight is 694 g/mol. The van der Waals surface area contributed by atoms with Crippen molar-refractivity contribution in [1.29, 1.82) is 0 Å². The van der Waals surface area contributed by atoms with E-state index in [1.54, 1.807) is 11.8 Å². The Morgan fingerprint density at radius 3 is 2.36 bits per heavy atom. The molecule has 2 amide bonds. The SMILES string of the molecule is CC[C@H](C)[C@@H](CN(CC(=O)N[C@@H](CCSC)C(=O)OC)Cc1cccc2ccccc12)NC(=O)CSc1cccc2cccc(Cl)c12. The Hall–Kier alpha value is -3.24. The van der Waals surface area contributed by atoms with Crippen molar-refractivity contribution in [2.75, 3.05) is 38.0 Å². The standard InChI is InChI=1S/C37H44ClN3O4S2/c1-5-25(2)32(40-35(43)24-47-33-18-10-14-27-13-9-17-30(38)36(27)33)22-41(21-28-15-8-12-26-11-6-7-16-29(26)28)23-34(42)39-31(19-20-46-4)37(44)45-3/h6-18,25,31-32H,5,19-24H2,1-4H3,(H,39,42)(H,40,43)/t25-,31-,32+/m0/s1. The van der Waals surface area contributed by atoms with Crippen LogP contribution in [0.15, 0.2) is 83.8 Å². The van der Waals surface area contributed by atoms with Gasteiger partial charge in [-0.3, -0.25) is 14.5 Å². The van der Waals surface area contributed by atoms with Crippen LogP contribution in [0.4, 0.5) is 0 Å². The Bertz CT molecular complexity index is 1660. The number of nitrogens with zero attached hydrogens (tertiary/aromatic N) is 1. The number of fused-ring (bicyclic) bond motifs is 2. The molecule has 0 bridgehead atoms. The van der Waals surface area contributed by atoms with Crippen LogP contribution in [-0.2, 0) is 25.7 Å². The van der Waals surface area contributed by atoms with Gasteiger partial charge in [0.25, 0.3) is 0 Å². The summed E-state index contributed by atoms with van der Waals surface area (Å²) in [5.74, 6) is 0.296. The van der Waals surface area contributed by atoms with Crippen LogP contribution >= 0.6 is 35.1 Å². The molecule has 3 atom stereocenters. The van der Waals surface area contributed by atoms with Crippen molar-refractivity contribution in [3.63, 3.8) is 0 Å². The van der Waals surface area contributed by atoms with Crippen molar-refractivity contribution in [3.8, 4) is 0 Å². The molecule has 0 radical (unpaired) electrons. The van der Waals surface area contributed by atoms with Gasteiger partial charge in [-0.2, -0.15) is 11.8 Å². The molecular formula is C37H44ClN3O4S2. The Morgan fingerprint density at radius 2 is 1.62 bits per heavy atom. The van der Waals surface area contributed by atoms with Crippen LogP contribution in [0.25, 0.3) is 21.5 Å². The van der Waals surface area contributed by atoms with Gasteiger partial charge in [-0.1, -0.05) is 98.6 Å². The van der Waals surface area contributed by atoms with E-state index in [1.807, 2.05) is 60.9 Å². The Kier molecular flexibility index (Phi) is 14.3. The number of halogens is 1. The first-order valence-corrected chi connectivity index (χ1v) is 18.6. The van der Waals surface area contributed by atoms with E-state index in [0.29, 0.717) is 30.3 Å². The molecule has 47 heavy (non-hydrogen) atoms. The highest BCUT2D eigenvalue weighted by molar-refractivity contribution is 8.00. The Balaban J connectivity index is 1.53. The maximum absolute atomic E-state index is 13.5. The van der Waals surface area contributed by atoms with Gasteiger partial charge in [0.05, 0.1) is 19.4 Å². The summed E-state index contributed by atoms with van der Waals surface area (Å²) in [4.78, 5) is 42.4. The lowest BCUT2D eigenvalue weighted by Crippen LogP contribution is -2.51. The fourth-order valence-electron chi connectivity index (χ4n) is 5.63. The molecule has 2 N–H and O–H groups in total. The molecule has 0 spiro atoms. The number of thioether (sulfide) groups is 2. The van der Waals surface area contributed by atoms with Crippen LogP contribution < -0.4 is 10.6 Å².